The first kappa shape index (κ1) is 21.0. The van der Waals surface area contributed by atoms with E-state index in [1.54, 1.807) is 18.2 Å². The molecule has 3 aromatic rings. The molecule has 2 aromatic carbocycles. The number of nitrogens with zero attached hydrogens (tertiary/aromatic N) is 2. The smallest absolute Gasteiger partial charge is 0.357 e. The molecule has 0 saturated heterocycles. The van der Waals surface area contributed by atoms with Crippen LogP contribution in [0.5, 0.6) is 0 Å². The van der Waals surface area contributed by atoms with Crippen molar-refractivity contribution in [1.82, 2.24) is 9.88 Å². The van der Waals surface area contributed by atoms with Crippen molar-refractivity contribution >= 4 is 34.4 Å². The van der Waals surface area contributed by atoms with Gasteiger partial charge in [-0.25, -0.2) is 9.78 Å². The van der Waals surface area contributed by atoms with Crippen molar-refractivity contribution in [2.24, 2.45) is 0 Å². The molecule has 1 N–H and O–H groups in total. The largest absolute Gasteiger partial charge is 0.451 e. The number of hydrogen-bond acceptors (Lipinski definition) is 5. The highest BCUT2D eigenvalue weighted by atomic mass is 16.5. The molecule has 0 aliphatic heterocycles. The van der Waals surface area contributed by atoms with E-state index in [0.717, 1.165) is 22.2 Å². The van der Waals surface area contributed by atoms with Crippen LogP contribution < -0.4 is 5.32 Å². The van der Waals surface area contributed by atoms with Gasteiger partial charge in [0.1, 0.15) is 5.69 Å². The van der Waals surface area contributed by atoms with Gasteiger partial charge >= 0.3 is 5.97 Å². The molecule has 1 aromatic heterocycles. The van der Waals surface area contributed by atoms with E-state index in [-0.39, 0.29) is 18.1 Å². The number of pyridine rings is 1. The summed E-state index contributed by atoms with van der Waals surface area (Å²) in [5, 5.41) is 3.72. The first-order chi connectivity index (χ1) is 14.3. The molecule has 3 rings (SSSR count). The summed E-state index contributed by atoms with van der Waals surface area (Å²) in [7, 11) is 1.48. The van der Waals surface area contributed by atoms with E-state index in [1.807, 2.05) is 50.2 Å². The number of aromatic nitrogens is 1. The Hall–Kier alpha value is -3.74. The van der Waals surface area contributed by atoms with E-state index in [4.69, 9.17) is 4.74 Å². The highest BCUT2D eigenvalue weighted by Crippen LogP contribution is 2.19. The van der Waals surface area contributed by atoms with Gasteiger partial charge in [0.15, 0.2) is 6.61 Å². The highest BCUT2D eigenvalue weighted by molar-refractivity contribution is 5.96. The summed E-state index contributed by atoms with van der Waals surface area (Å²) in [6.45, 7) is 3.18. The standard InChI is InChI=1S/C23H23N3O4/c1-15-7-6-8-16(2)22(15)25-20(27)13-26(3)21(28)14-30-23(29)19-12-11-17-9-4-5-10-18(17)24-19/h4-12H,13-14H2,1-3H3,(H,25,27). The Morgan fingerprint density at radius 3 is 2.40 bits per heavy atom. The summed E-state index contributed by atoms with van der Waals surface area (Å²) in [5.41, 5.74) is 3.40. The van der Waals surface area contributed by atoms with Crippen molar-refractivity contribution in [2.45, 2.75) is 13.8 Å². The number of anilines is 1. The van der Waals surface area contributed by atoms with Crippen LogP contribution in [0.2, 0.25) is 0 Å². The van der Waals surface area contributed by atoms with Crippen molar-refractivity contribution < 1.29 is 19.1 Å². The zero-order valence-corrected chi connectivity index (χ0v) is 17.1. The molecule has 30 heavy (non-hydrogen) atoms. The highest BCUT2D eigenvalue weighted by Gasteiger charge is 2.17. The Morgan fingerprint density at radius 2 is 1.67 bits per heavy atom. The number of aryl methyl sites for hydroxylation is 2. The maximum Gasteiger partial charge on any atom is 0.357 e. The number of rotatable bonds is 6. The van der Waals surface area contributed by atoms with Crippen LogP contribution in [0.1, 0.15) is 21.6 Å². The number of esters is 1. The topological polar surface area (TPSA) is 88.6 Å². The van der Waals surface area contributed by atoms with Gasteiger partial charge in [-0.1, -0.05) is 42.5 Å². The van der Waals surface area contributed by atoms with Crippen molar-refractivity contribution in [3.05, 3.63) is 71.4 Å². The number of likely N-dealkylation sites (N-methyl/N-ethyl adjacent to an activating group) is 1. The zero-order chi connectivity index (χ0) is 21.7. The summed E-state index contributed by atoms with van der Waals surface area (Å²) in [6.07, 6.45) is 0. The molecule has 0 unspecified atom stereocenters. The summed E-state index contributed by atoms with van der Waals surface area (Å²) in [4.78, 5) is 42.2. The molecular weight excluding hydrogens is 382 g/mol. The van der Waals surface area contributed by atoms with Crippen LogP contribution in [-0.4, -0.2) is 47.9 Å². The number of fused-ring (bicyclic) bond motifs is 1. The predicted molar refractivity (Wildman–Crippen MR) is 114 cm³/mol. The predicted octanol–water partition coefficient (Wildman–Crippen LogP) is 3.11. The molecular formula is C23H23N3O4. The van der Waals surface area contributed by atoms with Crippen molar-refractivity contribution in [2.75, 3.05) is 25.5 Å². The van der Waals surface area contributed by atoms with E-state index >= 15 is 0 Å². The van der Waals surface area contributed by atoms with Gasteiger partial charge in [-0.3, -0.25) is 9.59 Å². The average molecular weight is 405 g/mol. The molecule has 1 heterocycles. The molecule has 0 radical (unpaired) electrons. The second kappa shape index (κ2) is 9.17. The van der Waals surface area contributed by atoms with Gasteiger partial charge in [-0.05, 0) is 37.1 Å². The van der Waals surface area contributed by atoms with Crippen molar-refractivity contribution in [1.29, 1.82) is 0 Å². The van der Waals surface area contributed by atoms with E-state index < -0.39 is 18.5 Å². The normalized spacial score (nSPS) is 10.5. The average Bonchev–Trinajstić information content (AvgIpc) is 2.74. The van der Waals surface area contributed by atoms with Gasteiger partial charge in [-0.2, -0.15) is 0 Å². The van der Waals surface area contributed by atoms with Gasteiger partial charge in [0, 0.05) is 18.1 Å². The first-order valence-electron chi connectivity index (χ1n) is 9.48. The van der Waals surface area contributed by atoms with Crippen LogP contribution in [0.15, 0.2) is 54.6 Å². The molecule has 0 aliphatic carbocycles. The Labute approximate surface area is 174 Å². The number of amides is 2. The molecule has 0 saturated carbocycles. The van der Waals surface area contributed by atoms with E-state index in [0.29, 0.717) is 5.52 Å². The number of para-hydroxylation sites is 2. The molecule has 154 valence electrons. The monoisotopic (exact) mass is 405 g/mol. The molecule has 2 amide bonds. The zero-order valence-electron chi connectivity index (χ0n) is 17.1. The molecule has 0 aliphatic rings. The third-order valence-corrected chi connectivity index (χ3v) is 4.69. The van der Waals surface area contributed by atoms with Crippen LogP contribution in [-0.2, 0) is 14.3 Å². The van der Waals surface area contributed by atoms with Crippen molar-refractivity contribution in [3.63, 3.8) is 0 Å². The molecule has 0 spiro atoms. The number of carbonyl (C=O) groups is 3. The van der Waals surface area contributed by atoms with Crippen LogP contribution in [0.4, 0.5) is 5.69 Å². The molecule has 0 bridgehead atoms. The number of ether oxygens (including phenoxy) is 1. The lowest BCUT2D eigenvalue weighted by molar-refractivity contribution is -0.136. The minimum absolute atomic E-state index is 0.122. The SMILES string of the molecule is Cc1cccc(C)c1NC(=O)CN(C)C(=O)COC(=O)c1ccc2ccccc2n1. The van der Waals surface area contributed by atoms with E-state index in [2.05, 4.69) is 10.3 Å². The van der Waals surface area contributed by atoms with E-state index in [1.165, 1.54) is 11.9 Å². The number of hydrogen-bond donors (Lipinski definition) is 1. The lowest BCUT2D eigenvalue weighted by Crippen LogP contribution is -2.37. The van der Waals surface area contributed by atoms with Gasteiger partial charge in [-0.15, -0.1) is 0 Å². The van der Waals surface area contributed by atoms with Crippen LogP contribution in [0.3, 0.4) is 0 Å². The maximum absolute atomic E-state index is 12.3. The molecule has 7 nitrogen and oxygen atoms in total. The second-order valence-corrected chi connectivity index (χ2v) is 7.03. The van der Waals surface area contributed by atoms with E-state index in [9.17, 15) is 14.4 Å². The molecule has 7 heteroatoms. The fourth-order valence-electron chi connectivity index (χ4n) is 2.99. The molecule has 0 atom stereocenters. The minimum Gasteiger partial charge on any atom is -0.451 e. The number of carbonyl (C=O) groups excluding carboxylic acids is 3. The molecule has 0 fully saturated rings. The van der Waals surface area contributed by atoms with Gasteiger partial charge in [0.05, 0.1) is 12.1 Å². The number of benzene rings is 2. The lowest BCUT2D eigenvalue weighted by atomic mass is 10.1. The summed E-state index contributed by atoms with van der Waals surface area (Å²) < 4.78 is 5.07. The Balaban J connectivity index is 1.53. The Morgan fingerprint density at radius 1 is 0.967 bits per heavy atom. The van der Waals surface area contributed by atoms with Gasteiger partial charge in [0.2, 0.25) is 5.91 Å². The summed E-state index contributed by atoms with van der Waals surface area (Å²) >= 11 is 0. The first-order valence-corrected chi connectivity index (χ1v) is 9.48. The number of nitrogens with one attached hydrogen (secondary N) is 1. The van der Waals surface area contributed by atoms with Crippen LogP contribution >= 0.6 is 0 Å². The fourth-order valence-corrected chi connectivity index (χ4v) is 2.99. The maximum atomic E-state index is 12.3. The third kappa shape index (κ3) is 5.00. The fraction of sp³-hybridized carbons (Fsp3) is 0.217. The quantitative estimate of drug-likeness (QED) is 0.637. The Kier molecular flexibility index (Phi) is 6.41. The summed E-state index contributed by atoms with van der Waals surface area (Å²) in [6, 6.07) is 16.4. The van der Waals surface area contributed by atoms with Gasteiger partial charge in [0.25, 0.3) is 5.91 Å². The van der Waals surface area contributed by atoms with Crippen LogP contribution in [0.25, 0.3) is 10.9 Å². The Bertz CT molecular complexity index is 1090. The third-order valence-electron chi connectivity index (χ3n) is 4.69. The minimum atomic E-state index is -0.692. The van der Waals surface area contributed by atoms with Gasteiger partial charge < -0.3 is 15.0 Å². The lowest BCUT2D eigenvalue weighted by Gasteiger charge is -2.18. The van der Waals surface area contributed by atoms with Crippen molar-refractivity contribution in [3.8, 4) is 0 Å². The summed E-state index contributed by atoms with van der Waals surface area (Å²) in [5.74, 6) is -1.51. The second-order valence-electron chi connectivity index (χ2n) is 7.03. The van der Waals surface area contributed by atoms with Crippen LogP contribution in [0, 0.1) is 13.8 Å².